The highest BCUT2D eigenvalue weighted by atomic mass is 32.2. The number of nitrogens with one attached hydrogen (secondary N) is 1. The summed E-state index contributed by atoms with van der Waals surface area (Å²) >= 11 is 0. The van der Waals surface area contributed by atoms with E-state index in [0.29, 0.717) is 30.3 Å². The molecular formula is C24H30N2O5S. The topological polar surface area (TPSA) is 84.9 Å². The van der Waals surface area contributed by atoms with Gasteiger partial charge in [0, 0.05) is 13.1 Å². The van der Waals surface area contributed by atoms with Crippen LogP contribution in [0.5, 0.6) is 11.5 Å². The molecule has 1 fully saturated rings. The molecule has 1 saturated heterocycles. The van der Waals surface area contributed by atoms with Crippen LogP contribution in [-0.4, -0.2) is 44.9 Å². The van der Waals surface area contributed by atoms with E-state index in [-0.39, 0.29) is 10.8 Å². The fourth-order valence-corrected chi connectivity index (χ4v) is 5.84. The van der Waals surface area contributed by atoms with Gasteiger partial charge >= 0.3 is 0 Å². The van der Waals surface area contributed by atoms with E-state index in [1.807, 2.05) is 12.1 Å². The second-order valence-electron chi connectivity index (χ2n) is 8.36. The van der Waals surface area contributed by atoms with Crippen molar-refractivity contribution in [2.45, 2.75) is 56.4 Å². The van der Waals surface area contributed by atoms with Crippen molar-refractivity contribution in [2.75, 3.05) is 25.5 Å². The molecular weight excluding hydrogens is 428 g/mol. The predicted octanol–water partition coefficient (Wildman–Crippen LogP) is 3.76. The van der Waals surface area contributed by atoms with E-state index in [1.165, 1.54) is 47.5 Å². The average molecular weight is 459 g/mol. The van der Waals surface area contributed by atoms with E-state index < -0.39 is 16.1 Å². The largest absolute Gasteiger partial charge is 0.495 e. The summed E-state index contributed by atoms with van der Waals surface area (Å²) in [6, 6.07) is 10.5. The first-order valence-corrected chi connectivity index (χ1v) is 12.6. The number of nitrogens with zero attached hydrogens (tertiary/aromatic N) is 1. The van der Waals surface area contributed by atoms with Crippen LogP contribution in [0.15, 0.2) is 41.3 Å². The first-order valence-electron chi connectivity index (χ1n) is 11.2. The maximum Gasteiger partial charge on any atom is 0.265 e. The molecule has 0 aromatic heterocycles. The van der Waals surface area contributed by atoms with Crippen LogP contribution < -0.4 is 14.8 Å². The minimum absolute atomic E-state index is 0.138. The third kappa shape index (κ3) is 4.76. The Balaban J connectivity index is 1.49. The van der Waals surface area contributed by atoms with Crippen molar-refractivity contribution in [3.8, 4) is 11.5 Å². The van der Waals surface area contributed by atoms with Gasteiger partial charge in [0.05, 0.1) is 17.7 Å². The van der Waals surface area contributed by atoms with Crippen LogP contribution in [0.25, 0.3) is 0 Å². The van der Waals surface area contributed by atoms with Gasteiger partial charge in [0.1, 0.15) is 11.5 Å². The number of anilines is 1. The van der Waals surface area contributed by atoms with Crippen molar-refractivity contribution in [3.05, 3.63) is 47.5 Å². The van der Waals surface area contributed by atoms with Crippen molar-refractivity contribution in [1.29, 1.82) is 0 Å². The van der Waals surface area contributed by atoms with Crippen LogP contribution >= 0.6 is 0 Å². The summed E-state index contributed by atoms with van der Waals surface area (Å²) in [5, 5.41) is 2.77. The zero-order valence-corrected chi connectivity index (χ0v) is 19.4. The normalized spacial score (nSPS) is 17.4. The van der Waals surface area contributed by atoms with Crippen LogP contribution in [-0.2, 0) is 27.7 Å². The monoisotopic (exact) mass is 458 g/mol. The molecule has 0 saturated carbocycles. The standard InChI is InChI=1S/C24H30N2O5S/c1-17(31-20-10-9-18-7-3-4-8-19(18)15-20)24(27)25-22-16-21(11-12-23(22)30-2)32(28,29)26-13-5-6-14-26/h9-12,15-17H,3-8,13-14H2,1-2H3,(H,25,27)/t17-/m0/s1. The van der Waals surface area contributed by atoms with E-state index in [9.17, 15) is 13.2 Å². The smallest absolute Gasteiger partial charge is 0.265 e. The first-order chi connectivity index (χ1) is 15.4. The third-order valence-corrected chi connectivity index (χ3v) is 8.03. The van der Waals surface area contributed by atoms with Gasteiger partial charge in [0.25, 0.3) is 5.91 Å². The summed E-state index contributed by atoms with van der Waals surface area (Å²) in [6.45, 7) is 2.70. The lowest BCUT2D eigenvalue weighted by Gasteiger charge is -2.20. The lowest BCUT2D eigenvalue weighted by molar-refractivity contribution is -0.122. The highest BCUT2D eigenvalue weighted by Crippen LogP contribution is 2.31. The number of rotatable bonds is 7. The van der Waals surface area contributed by atoms with Crippen molar-refractivity contribution >= 4 is 21.6 Å². The van der Waals surface area contributed by atoms with E-state index >= 15 is 0 Å². The molecule has 1 atom stereocenters. The molecule has 2 aromatic rings. The lowest BCUT2D eigenvalue weighted by Crippen LogP contribution is -2.31. The van der Waals surface area contributed by atoms with Crippen LogP contribution in [0.1, 0.15) is 43.7 Å². The third-order valence-electron chi connectivity index (χ3n) is 6.13. The molecule has 1 aliphatic carbocycles. The maximum absolute atomic E-state index is 12.9. The van der Waals surface area contributed by atoms with Gasteiger partial charge in [-0.25, -0.2) is 8.42 Å². The summed E-state index contributed by atoms with van der Waals surface area (Å²) in [4.78, 5) is 13.0. The molecule has 172 valence electrons. The minimum Gasteiger partial charge on any atom is -0.495 e. The lowest BCUT2D eigenvalue weighted by atomic mass is 9.92. The van der Waals surface area contributed by atoms with Gasteiger partial charge in [0.15, 0.2) is 6.10 Å². The molecule has 4 rings (SSSR count). The number of ether oxygens (including phenoxy) is 2. The van der Waals surface area contributed by atoms with Gasteiger partial charge in [-0.1, -0.05) is 6.07 Å². The Kier molecular flexibility index (Phi) is 6.71. The number of aryl methyl sites for hydroxylation is 2. The molecule has 32 heavy (non-hydrogen) atoms. The van der Waals surface area contributed by atoms with Crippen LogP contribution in [0, 0.1) is 0 Å². The van der Waals surface area contributed by atoms with Gasteiger partial charge in [0.2, 0.25) is 10.0 Å². The number of carbonyl (C=O) groups is 1. The van der Waals surface area contributed by atoms with Crippen molar-refractivity contribution in [2.24, 2.45) is 0 Å². The summed E-state index contributed by atoms with van der Waals surface area (Å²) < 4.78 is 38.5. The zero-order chi connectivity index (χ0) is 22.7. The molecule has 1 N–H and O–H groups in total. The Bertz CT molecular complexity index is 1090. The Hall–Kier alpha value is -2.58. The molecule has 2 aromatic carbocycles. The number of carbonyl (C=O) groups excluding carboxylic acids is 1. The molecule has 0 bridgehead atoms. The Labute approximate surface area is 189 Å². The number of benzene rings is 2. The maximum atomic E-state index is 12.9. The molecule has 1 amide bonds. The summed E-state index contributed by atoms with van der Waals surface area (Å²) in [5.74, 6) is 0.669. The zero-order valence-electron chi connectivity index (χ0n) is 18.6. The van der Waals surface area contributed by atoms with Gasteiger partial charge in [-0.3, -0.25) is 4.79 Å². The Morgan fingerprint density at radius 1 is 1.00 bits per heavy atom. The van der Waals surface area contributed by atoms with Gasteiger partial charge in [-0.2, -0.15) is 4.31 Å². The number of amides is 1. The van der Waals surface area contributed by atoms with Gasteiger partial charge < -0.3 is 14.8 Å². The Morgan fingerprint density at radius 2 is 1.72 bits per heavy atom. The van der Waals surface area contributed by atoms with Crippen molar-refractivity contribution in [3.63, 3.8) is 0 Å². The number of hydrogen-bond acceptors (Lipinski definition) is 5. The summed E-state index contributed by atoms with van der Waals surface area (Å²) in [6.07, 6.45) is 5.45. The second-order valence-corrected chi connectivity index (χ2v) is 10.3. The van der Waals surface area contributed by atoms with E-state index in [4.69, 9.17) is 9.47 Å². The van der Waals surface area contributed by atoms with Crippen LogP contribution in [0.4, 0.5) is 5.69 Å². The van der Waals surface area contributed by atoms with Gasteiger partial charge in [-0.05, 0) is 86.9 Å². The van der Waals surface area contributed by atoms with Crippen molar-refractivity contribution < 1.29 is 22.7 Å². The van der Waals surface area contributed by atoms with Gasteiger partial charge in [-0.15, -0.1) is 0 Å². The quantitative estimate of drug-likeness (QED) is 0.683. The molecule has 7 nitrogen and oxygen atoms in total. The minimum atomic E-state index is -3.60. The van der Waals surface area contributed by atoms with E-state index in [2.05, 4.69) is 11.4 Å². The summed E-state index contributed by atoms with van der Waals surface area (Å²) in [5.41, 5.74) is 2.93. The first kappa shape index (κ1) is 22.6. The van der Waals surface area contributed by atoms with Crippen LogP contribution in [0.2, 0.25) is 0 Å². The molecule has 1 heterocycles. The average Bonchev–Trinajstić information content (AvgIpc) is 3.35. The fraction of sp³-hybridized carbons (Fsp3) is 0.458. The van der Waals surface area contributed by atoms with Crippen molar-refractivity contribution in [1.82, 2.24) is 4.31 Å². The molecule has 1 aliphatic heterocycles. The molecule has 0 unspecified atom stereocenters. The van der Waals surface area contributed by atoms with Crippen LogP contribution in [0.3, 0.4) is 0 Å². The number of methoxy groups -OCH3 is 1. The predicted molar refractivity (Wildman–Crippen MR) is 123 cm³/mol. The van der Waals surface area contributed by atoms with E-state index in [0.717, 1.165) is 25.7 Å². The molecule has 2 aliphatic rings. The SMILES string of the molecule is COc1ccc(S(=O)(=O)N2CCCC2)cc1NC(=O)[C@H](C)Oc1ccc2c(c1)CCCC2. The highest BCUT2D eigenvalue weighted by Gasteiger charge is 2.28. The second kappa shape index (κ2) is 9.50. The molecule has 8 heteroatoms. The summed E-state index contributed by atoms with van der Waals surface area (Å²) in [7, 11) is -2.13. The number of sulfonamides is 1. The molecule has 0 radical (unpaired) electrons. The number of fused-ring (bicyclic) bond motifs is 1. The number of hydrogen-bond donors (Lipinski definition) is 1. The van der Waals surface area contributed by atoms with E-state index in [1.54, 1.807) is 13.0 Å². The fourth-order valence-electron chi connectivity index (χ4n) is 4.30. The highest BCUT2D eigenvalue weighted by molar-refractivity contribution is 7.89. The Morgan fingerprint density at radius 3 is 2.44 bits per heavy atom. The molecule has 0 spiro atoms.